The highest BCUT2D eigenvalue weighted by Crippen LogP contribution is 2.28. The second-order valence-electron chi connectivity index (χ2n) is 4.50. The van der Waals surface area contributed by atoms with Gasteiger partial charge in [0.25, 0.3) is 5.91 Å². The van der Waals surface area contributed by atoms with Crippen LogP contribution in [0.4, 0.5) is 15.8 Å². The molecular weight excluding hydrogens is 339 g/mol. The highest BCUT2D eigenvalue weighted by atomic mass is 79.9. The Balaban J connectivity index is 2.30. The minimum Gasteiger partial charge on any atom is -0.495 e. The van der Waals surface area contributed by atoms with Crippen molar-refractivity contribution in [3.05, 3.63) is 51.7 Å². The number of halogens is 2. The van der Waals surface area contributed by atoms with Crippen molar-refractivity contribution >= 4 is 33.2 Å². The van der Waals surface area contributed by atoms with Gasteiger partial charge in [-0.2, -0.15) is 0 Å². The molecule has 110 valence electrons. The van der Waals surface area contributed by atoms with Crippen molar-refractivity contribution in [1.29, 1.82) is 0 Å². The van der Waals surface area contributed by atoms with Crippen LogP contribution in [0, 0.1) is 12.7 Å². The van der Waals surface area contributed by atoms with Gasteiger partial charge in [-0.3, -0.25) is 4.79 Å². The number of benzene rings is 2. The molecule has 0 saturated heterocycles. The van der Waals surface area contributed by atoms with Crippen LogP contribution in [0.5, 0.6) is 5.75 Å². The van der Waals surface area contributed by atoms with E-state index in [-0.39, 0.29) is 5.56 Å². The summed E-state index contributed by atoms with van der Waals surface area (Å²) < 4.78 is 19.9. The van der Waals surface area contributed by atoms with E-state index in [1.54, 1.807) is 25.1 Å². The number of nitrogens with one attached hydrogen (secondary N) is 1. The summed E-state index contributed by atoms with van der Waals surface area (Å²) in [5.74, 6) is -0.574. The maximum atomic E-state index is 14.0. The molecule has 3 N–H and O–H groups in total. The van der Waals surface area contributed by atoms with E-state index in [2.05, 4.69) is 21.2 Å². The van der Waals surface area contributed by atoms with Gasteiger partial charge in [-0.1, -0.05) is 0 Å². The third-order valence-electron chi connectivity index (χ3n) is 2.93. The third kappa shape index (κ3) is 3.33. The molecule has 6 heteroatoms. The first-order chi connectivity index (χ1) is 9.92. The summed E-state index contributed by atoms with van der Waals surface area (Å²) >= 11 is 3.32. The molecule has 0 aliphatic carbocycles. The van der Waals surface area contributed by atoms with Crippen LogP contribution in [0.1, 0.15) is 15.9 Å². The van der Waals surface area contributed by atoms with Crippen molar-refractivity contribution in [3.8, 4) is 5.75 Å². The fraction of sp³-hybridized carbons (Fsp3) is 0.133. The van der Waals surface area contributed by atoms with Crippen molar-refractivity contribution in [3.63, 3.8) is 0 Å². The molecule has 2 aromatic carbocycles. The predicted molar refractivity (Wildman–Crippen MR) is 84.2 cm³/mol. The number of nitrogens with two attached hydrogens (primary N) is 1. The summed E-state index contributed by atoms with van der Waals surface area (Å²) in [6, 6.07) is 7.85. The quantitative estimate of drug-likeness (QED) is 0.827. The van der Waals surface area contributed by atoms with E-state index >= 15 is 0 Å². The molecule has 0 aliphatic rings. The van der Waals surface area contributed by atoms with Crippen LogP contribution in [-0.4, -0.2) is 13.0 Å². The first-order valence-corrected chi connectivity index (χ1v) is 6.92. The molecular formula is C15H14BrFN2O2. The van der Waals surface area contributed by atoms with Gasteiger partial charge >= 0.3 is 0 Å². The molecule has 0 fully saturated rings. The Kier molecular flexibility index (Phi) is 4.47. The van der Waals surface area contributed by atoms with Gasteiger partial charge in [0.15, 0.2) is 0 Å². The molecule has 2 rings (SSSR count). The summed E-state index contributed by atoms with van der Waals surface area (Å²) in [7, 11) is 1.52. The first-order valence-electron chi connectivity index (χ1n) is 6.13. The number of aryl methyl sites for hydroxylation is 1. The smallest absolute Gasteiger partial charge is 0.258 e. The second kappa shape index (κ2) is 6.13. The van der Waals surface area contributed by atoms with E-state index in [1.807, 2.05) is 0 Å². The van der Waals surface area contributed by atoms with Gasteiger partial charge in [0.2, 0.25) is 0 Å². The number of nitrogen functional groups attached to an aromatic ring is 1. The molecule has 0 spiro atoms. The Morgan fingerprint density at radius 1 is 1.33 bits per heavy atom. The van der Waals surface area contributed by atoms with Gasteiger partial charge in [0, 0.05) is 17.4 Å². The molecule has 21 heavy (non-hydrogen) atoms. The average Bonchev–Trinajstić information content (AvgIpc) is 2.44. The number of rotatable bonds is 3. The lowest BCUT2D eigenvalue weighted by Gasteiger charge is -2.10. The van der Waals surface area contributed by atoms with Crippen LogP contribution in [0.25, 0.3) is 0 Å². The van der Waals surface area contributed by atoms with Crippen LogP contribution in [0.3, 0.4) is 0 Å². The zero-order valence-electron chi connectivity index (χ0n) is 11.5. The lowest BCUT2D eigenvalue weighted by atomic mass is 10.1. The van der Waals surface area contributed by atoms with Crippen molar-refractivity contribution in [2.75, 3.05) is 18.2 Å². The van der Waals surface area contributed by atoms with E-state index in [0.717, 1.165) is 4.47 Å². The maximum Gasteiger partial charge on any atom is 0.258 e. The van der Waals surface area contributed by atoms with Crippen LogP contribution >= 0.6 is 15.9 Å². The van der Waals surface area contributed by atoms with Crippen LogP contribution in [0.15, 0.2) is 34.8 Å². The predicted octanol–water partition coefficient (Wildman–Crippen LogP) is 3.74. The standard InChI is InChI=1S/C15H14BrFN2O2/c1-8-5-9(18)6-11(14(8)17)15(20)19-10-3-4-12(16)13(7-10)21-2/h3-7H,18H2,1-2H3,(H,19,20). The molecule has 2 aromatic rings. The van der Waals surface area contributed by atoms with Crippen molar-refractivity contribution in [2.45, 2.75) is 6.92 Å². The number of methoxy groups -OCH3 is 1. The number of ether oxygens (including phenoxy) is 1. The number of amides is 1. The topological polar surface area (TPSA) is 64.3 Å². The lowest BCUT2D eigenvalue weighted by molar-refractivity contribution is 0.102. The fourth-order valence-corrected chi connectivity index (χ4v) is 2.31. The van der Waals surface area contributed by atoms with Crippen LogP contribution < -0.4 is 15.8 Å². The highest BCUT2D eigenvalue weighted by molar-refractivity contribution is 9.10. The largest absolute Gasteiger partial charge is 0.495 e. The third-order valence-corrected chi connectivity index (χ3v) is 3.59. The second-order valence-corrected chi connectivity index (χ2v) is 5.36. The molecule has 0 heterocycles. The molecule has 1 amide bonds. The van der Waals surface area contributed by atoms with Gasteiger partial charge in [-0.15, -0.1) is 0 Å². The average molecular weight is 353 g/mol. The number of hydrogen-bond donors (Lipinski definition) is 2. The normalized spacial score (nSPS) is 10.3. The zero-order valence-corrected chi connectivity index (χ0v) is 13.1. The van der Waals surface area contributed by atoms with Gasteiger partial charge in [0.1, 0.15) is 11.6 Å². The van der Waals surface area contributed by atoms with Crippen molar-refractivity contribution < 1.29 is 13.9 Å². The summed E-state index contributed by atoms with van der Waals surface area (Å²) in [5.41, 5.74) is 6.73. The number of carbonyl (C=O) groups is 1. The first kappa shape index (κ1) is 15.3. The van der Waals surface area contributed by atoms with E-state index < -0.39 is 11.7 Å². The van der Waals surface area contributed by atoms with Gasteiger partial charge < -0.3 is 15.8 Å². The number of anilines is 2. The molecule has 0 unspecified atom stereocenters. The molecule has 0 radical (unpaired) electrons. The Bertz CT molecular complexity index is 704. The zero-order chi connectivity index (χ0) is 15.6. The van der Waals surface area contributed by atoms with Gasteiger partial charge in [-0.05, 0) is 52.7 Å². The van der Waals surface area contributed by atoms with Crippen molar-refractivity contribution in [1.82, 2.24) is 0 Å². The van der Waals surface area contributed by atoms with E-state index in [9.17, 15) is 9.18 Å². The number of carbonyl (C=O) groups excluding carboxylic acids is 1. The molecule has 0 aliphatic heterocycles. The van der Waals surface area contributed by atoms with Gasteiger partial charge in [0.05, 0.1) is 17.1 Å². The van der Waals surface area contributed by atoms with Gasteiger partial charge in [-0.25, -0.2) is 4.39 Å². The van der Waals surface area contributed by atoms with E-state index in [1.165, 1.54) is 19.2 Å². The molecule has 0 bridgehead atoms. The summed E-state index contributed by atoms with van der Waals surface area (Å²) in [5, 5.41) is 2.62. The minimum absolute atomic E-state index is 0.0885. The van der Waals surface area contributed by atoms with E-state index in [4.69, 9.17) is 10.5 Å². The Morgan fingerprint density at radius 2 is 2.05 bits per heavy atom. The Morgan fingerprint density at radius 3 is 2.71 bits per heavy atom. The minimum atomic E-state index is -0.578. The monoisotopic (exact) mass is 352 g/mol. The van der Waals surface area contributed by atoms with Crippen molar-refractivity contribution in [2.24, 2.45) is 0 Å². The number of hydrogen-bond acceptors (Lipinski definition) is 3. The summed E-state index contributed by atoms with van der Waals surface area (Å²) in [6.45, 7) is 1.56. The highest BCUT2D eigenvalue weighted by Gasteiger charge is 2.15. The maximum absolute atomic E-state index is 14.0. The van der Waals surface area contributed by atoms with Crippen LogP contribution in [-0.2, 0) is 0 Å². The fourth-order valence-electron chi connectivity index (χ4n) is 1.90. The Labute approximate surface area is 130 Å². The molecule has 4 nitrogen and oxygen atoms in total. The summed E-state index contributed by atoms with van der Waals surface area (Å²) in [6.07, 6.45) is 0. The molecule has 0 saturated carbocycles. The molecule has 0 aromatic heterocycles. The summed E-state index contributed by atoms with van der Waals surface area (Å²) in [4.78, 5) is 12.2. The SMILES string of the molecule is COc1cc(NC(=O)c2cc(N)cc(C)c2F)ccc1Br. The lowest BCUT2D eigenvalue weighted by Crippen LogP contribution is -2.15. The van der Waals surface area contributed by atoms with Crippen LogP contribution in [0.2, 0.25) is 0 Å². The Hall–Kier alpha value is -2.08. The van der Waals surface area contributed by atoms with E-state index in [0.29, 0.717) is 22.7 Å². The molecule has 0 atom stereocenters.